The number of benzene rings is 1. The first kappa shape index (κ1) is 16.6. The SMILES string of the molecule is CCNCc1ccc(S(=O)(=O)NCc2ccc(Br)s2)cc1. The van der Waals surface area contributed by atoms with E-state index in [1.165, 1.54) is 11.3 Å². The van der Waals surface area contributed by atoms with Gasteiger partial charge in [-0.25, -0.2) is 13.1 Å². The van der Waals surface area contributed by atoms with Gasteiger partial charge in [-0.2, -0.15) is 0 Å². The topological polar surface area (TPSA) is 58.2 Å². The fourth-order valence-corrected chi connectivity index (χ4v) is 4.27. The second-order valence-electron chi connectivity index (χ2n) is 4.45. The summed E-state index contributed by atoms with van der Waals surface area (Å²) >= 11 is 4.88. The lowest BCUT2D eigenvalue weighted by atomic mass is 10.2. The quantitative estimate of drug-likeness (QED) is 0.765. The molecule has 0 saturated carbocycles. The zero-order chi connectivity index (χ0) is 15.3. The highest BCUT2D eigenvalue weighted by molar-refractivity contribution is 9.11. The van der Waals surface area contributed by atoms with E-state index >= 15 is 0 Å². The van der Waals surface area contributed by atoms with E-state index in [-0.39, 0.29) is 0 Å². The first-order chi connectivity index (χ1) is 10.0. The number of thiophene rings is 1. The molecule has 0 unspecified atom stereocenters. The number of hydrogen-bond donors (Lipinski definition) is 2. The minimum absolute atomic E-state index is 0.290. The van der Waals surface area contributed by atoms with Gasteiger partial charge < -0.3 is 5.32 Å². The van der Waals surface area contributed by atoms with Crippen LogP contribution >= 0.6 is 27.3 Å². The van der Waals surface area contributed by atoms with Crippen LogP contribution in [0, 0.1) is 0 Å². The van der Waals surface area contributed by atoms with Gasteiger partial charge in [0.05, 0.1) is 8.68 Å². The van der Waals surface area contributed by atoms with Gasteiger partial charge in [-0.3, -0.25) is 0 Å². The van der Waals surface area contributed by atoms with Crippen LogP contribution in [0.4, 0.5) is 0 Å². The van der Waals surface area contributed by atoms with E-state index in [0.29, 0.717) is 11.4 Å². The molecule has 7 heteroatoms. The number of rotatable bonds is 7. The third-order valence-electron chi connectivity index (χ3n) is 2.88. The van der Waals surface area contributed by atoms with Crippen LogP contribution in [-0.2, 0) is 23.1 Å². The van der Waals surface area contributed by atoms with E-state index in [0.717, 1.165) is 27.3 Å². The van der Waals surface area contributed by atoms with Gasteiger partial charge in [0.15, 0.2) is 0 Å². The van der Waals surface area contributed by atoms with Gasteiger partial charge in [0.25, 0.3) is 0 Å². The van der Waals surface area contributed by atoms with Crippen LogP contribution in [0.25, 0.3) is 0 Å². The fraction of sp³-hybridized carbons (Fsp3) is 0.286. The molecule has 114 valence electrons. The molecule has 2 aromatic rings. The zero-order valence-corrected chi connectivity index (χ0v) is 14.8. The van der Waals surface area contributed by atoms with Crippen molar-refractivity contribution in [3.63, 3.8) is 0 Å². The summed E-state index contributed by atoms with van der Waals surface area (Å²) in [4.78, 5) is 1.26. The van der Waals surface area contributed by atoms with Gasteiger partial charge in [0.1, 0.15) is 0 Å². The lowest BCUT2D eigenvalue weighted by Gasteiger charge is -2.07. The summed E-state index contributed by atoms with van der Waals surface area (Å²) in [7, 11) is -3.47. The normalized spacial score (nSPS) is 11.7. The van der Waals surface area contributed by atoms with Crippen LogP contribution in [0.2, 0.25) is 0 Å². The highest BCUT2D eigenvalue weighted by Gasteiger charge is 2.13. The third-order valence-corrected chi connectivity index (χ3v) is 5.92. The molecular weight excluding hydrogens is 372 g/mol. The van der Waals surface area contributed by atoms with E-state index in [4.69, 9.17) is 0 Å². The van der Waals surface area contributed by atoms with E-state index in [1.807, 2.05) is 31.2 Å². The van der Waals surface area contributed by atoms with Gasteiger partial charge in [0, 0.05) is 18.0 Å². The Morgan fingerprint density at radius 3 is 2.38 bits per heavy atom. The highest BCUT2D eigenvalue weighted by atomic mass is 79.9. The maximum absolute atomic E-state index is 12.2. The minimum Gasteiger partial charge on any atom is -0.313 e. The summed E-state index contributed by atoms with van der Waals surface area (Å²) in [5, 5.41) is 3.20. The Kier molecular flexibility index (Phi) is 5.95. The van der Waals surface area contributed by atoms with Crippen molar-refractivity contribution in [2.45, 2.75) is 24.9 Å². The van der Waals surface area contributed by atoms with Gasteiger partial charge in [-0.15, -0.1) is 11.3 Å². The molecular formula is C14H17BrN2O2S2. The maximum atomic E-state index is 12.2. The average molecular weight is 389 g/mol. The summed E-state index contributed by atoms with van der Waals surface area (Å²) in [5.74, 6) is 0. The molecule has 0 aliphatic heterocycles. The van der Waals surface area contributed by atoms with E-state index in [1.54, 1.807) is 12.1 Å². The van der Waals surface area contributed by atoms with Gasteiger partial charge in [-0.05, 0) is 52.3 Å². The second-order valence-corrected chi connectivity index (χ2v) is 8.77. The molecule has 0 saturated heterocycles. The third kappa shape index (κ3) is 4.89. The van der Waals surface area contributed by atoms with Crippen molar-refractivity contribution in [3.8, 4) is 0 Å². The van der Waals surface area contributed by atoms with Gasteiger partial charge in [-0.1, -0.05) is 19.1 Å². The molecule has 0 radical (unpaired) electrons. The molecule has 4 nitrogen and oxygen atoms in total. The van der Waals surface area contributed by atoms with Crippen molar-refractivity contribution in [1.82, 2.24) is 10.0 Å². The van der Waals surface area contributed by atoms with Crippen molar-refractivity contribution in [2.24, 2.45) is 0 Å². The van der Waals surface area contributed by atoms with E-state index in [9.17, 15) is 8.42 Å². The molecule has 0 atom stereocenters. The lowest BCUT2D eigenvalue weighted by Crippen LogP contribution is -2.22. The first-order valence-corrected chi connectivity index (χ1v) is 9.64. The number of sulfonamides is 1. The van der Waals surface area contributed by atoms with Gasteiger partial charge >= 0.3 is 0 Å². The Hall–Kier alpha value is -0.730. The fourth-order valence-electron chi connectivity index (χ4n) is 1.75. The molecule has 0 spiro atoms. The lowest BCUT2D eigenvalue weighted by molar-refractivity contribution is 0.581. The molecule has 0 aliphatic carbocycles. The van der Waals surface area contributed by atoms with Crippen molar-refractivity contribution in [1.29, 1.82) is 0 Å². The maximum Gasteiger partial charge on any atom is 0.240 e. The standard InChI is InChI=1S/C14H17BrN2O2S2/c1-2-16-9-11-3-6-13(7-4-11)21(18,19)17-10-12-5-8-14(15)20-12/h3-8,16-17H,2,9-10H2,1H3. The largest absolute Gasteiger partial charge is 0.313 e. The Morgan fingerprint density at radius 1 is 1.10 bits per heavy atom. The van der Waals surface area contributed by atoms with Crippen molar-refractivity contribution >= 4 is 37.3 Å². The monoisotopic (exact) mass is 388 g/mol. The summed E-state index contributed by atoms with van der Waals surface area (Å²) in [6.45, 7) is 3.97. The molecule has 2 N–H and O–H groups in total. The predicted molar refractivity (Wildman–Crippen MR) is 89.9 cm³/mol. The number of hydrogen-bond acceptors (Lipinski definition) is 4. The van der Waals surface area contributed by atoms with Crippen LogP contribution in [0.1, 0.15) is 17.4 Å². The summed E-state index contributed by atoms with van der Waals surface area (Å²) in [5.41, 5.74) is 1.07. The van der Waals surface area contributed by atoms with Crippen LogP contribution in [0.3, 0.4) is 0 Å². The average Bonchev–Trinajstić information content (AvgIpc) is 2.89. The molecule has 0 fully saturated rings. The molecule has 0 amide bonds. The molecule has 21 heavy (non-hydrogen) atoms. The van der Waals surface area contributed by atoms with Crippen LogP contribution in [0.5, 0.6) is 0 Å². The Bertz CT molecular complexity index is 681. The number of halogens is 1. The van der Waals surface area contributed by atoms with Crippen LogP contribution < -0.4 is 10.0 Å². The Morgan fingerprint density at radius 2 is 1.81 bits per heavy atom. The highest BCUT2D eigenvalue weighted by Crippen LogP contribution is 2.22. The van der Waals surface area contributed by atoms with Gasteiger partial charge in [0.2, 0.25) is 10.0 Å². The number of nitrogens with one attached hydrogen (secondary N) is 2. The van der Waals surface area contributed by atoms with Crippen molar-refractivity contribution in [3.05, 3.63) is 50.6 Å². The summed E-state index contributed by atoms with van der Waals surface area (Å²) in [6, 6.07) is 10.7. The zero-order valence-electron chi connectivity index (χ0n) is 11.6. The Balaban J connectivity index is 2.01. The van der Waals surface area contributed by atoms with Crippen molar-refractivity contribution < 1.29 is 8.42 Å². The molecule has 2 rings (SSSR count). The predicted octanol–water partition coefficient (Wildman–Crippen LogP) is 3.10. The molecule has 1 aromatic heterocycles. The second kappa shape index (κ2) is 7.51. The minimum atomic E-state index is -3.47. The van der Waals surface area contributed by atoms with E-state index in [2.05, 4.69) is 26.0 Å². The summed E-state index contributed by atoms with van der Waals surface area (Å²) < 4.78 is 28.0. The smallest absolute Gasteiger partial charge is 0.240 e. The first-order valence-electron chi connectivity index (χ1n) is 6.55. The summed E-state index contributed by atoms with van der Waals surface area (Å²) in [6.07, 6.45) is 0. The Labute approximate surface area is 137 Å². The van der Waals surface area contributed by atoms with Crippen LogP contribution in [-0.4, -0.2) is 15.0 Å². The molecule has 1 aromatic carbocycles. The van der Waals surface area contributed by atoms with E-state index < -0.39 is 10.0 Å². The molecule has 0 bridgehead atoms. The van der Waals surface area contributed by atoms with Crippen molar-refractivity contribution in [2.75, 3.05) is 6.54 Å². The van der Waals surface area contributed by atoms with Crippen LogP contribution in [0.15, 0.2) is 45.1 Å². The molecule has 1 heterocycles. The molecule has 0 aliphatic rings.